The third-order valence-electron chi connectivity index (χ3n) is 6.50. The quantitative estimate of drug-likeness (QED) is 0.359. The number of nitrogens with zero attached hydrogens (tertiary/aromatic N) is 2. The normalized spacial score (nSPS) is 12.2. The van der Waals surface area contributed by atoms with Gasteiger partial charge in [0, 0.05) is 12.6 Å². The fraction of sp³-hybridized carbons (Fsp3) is 0.355. The minimum absolute atomic E-state index is 0.0937. The van der Waals surface area contributed by atoms with Crippen LogP contribution < -0.4 is 9.62 Å². The van der Waals surface area contributed by atoms with Crippen molar-refractivity contribution in [1.82, 2.24) is 10.2 Å². The van der Waals surface area contributed by atoms with Crippen molar-refractivity contribution in [2.45, 2.75) is 71.5 Å². The van der Waals surface area contributed by atoms with E-state index in [1.54, 1.807) is 36.4 Å². The molecule has 0 spiro atoms. The molecule has 2 amide bonds. The lowest BCUT2D eigenvalue weighted by Crippen LogP contribution is -2.53. The lowest BCUT2D eigenvalue weighted by molar-refractivity contribution is -0.140. The molecule has 3 aromatic rings. The van der Waals surface area contributed by atoms with Crippen molar-refractivity contribution in [3.05, 3.63) is 95.1 Å². The second kappa shape index (κ2) is 12.9. The van der Waals surface area contributed by atoms with Crippen LogP contribution in [-0.2, 0) is 26.2 Å². The Morgan fingerprint density at radius 2 is 1.28 bits per heavy atom. The molecule has 7 nitrogen and oxygen atoms in total. The molecule has 39 heavy (non-hydrogen) atoms. The predicted molar refractivity (Wildman–Crippen MR) is 156 cm³/mol. The summed E-state index contributed by atoms with van der Waals surface area (Å²) in [4.78, 5) is 28.8. The van der Waals surface area contributed by atoms with Crippen molar-refractivity contribution in [2.75, 3.05) is 10.8 Å². The SMILES string of the molecule is CC[C@H](C(=O)NC(C)C)N(Cc1ccc(C)cc1)C(=O)CN(c1ccc(C)cc1)S(=O)(=O)c1ccc(C)cc1. The summed E-state index contributed by atoms with van der Waals surface area (Å²) in [7, 11) is -4.08. The van der Waals surface area contributed by atoms with Gasteiger partial charge in [0.15, 0.2) is 0 Å². The van der Waals surface area contributed by atoms with Gasteiger partial charge in [-0.15, -0.1) is 0 Å². The molecule has 0 heterocycles. The van der Waals surface area contributed by atoms with Gasteiger partial charge in [-0.25, -0.2) is 8.42 Å². The lowest BCUT2D eigenvalue weighted by atomic mass is 10.1. The summed E-state index contributed by atoms with van der Waals surface area (Å²) in [5, 5.41) is 2.91. The maximum Gasteiger partial charge on any atom is 0.264 e. The number of benzene rings is 3. The molecule has 0 aromatic heterocycles. The Kier molecular flexibility index (Phi) is 9.92. The summed E-state index contributed by atoms with van der Waals surface area (Å²) in [6, 6.07) is 20.5. The molecule has 208 valence electrons. The molecule has 0 aliphatic carbocycles. The Hall–Kier alpha value is -3.65. The molecule has 0 aliphatic heterocycles. The van der Waals surface area contributed by atoms with Crippen LogP contribution in [0.1, 0.15) is 49.4 Å². The minimum atomic E-state index is -4.08. The summed E-state index contributed by atoms with van der Waals surface area (Å²) in [6.45, 7) is 11.1. The van der Waals surface area contributed by atoms with E-state index in [0.717, 1.165) is 26.6 Å². The van der Waals surface area contributed by atoms with Crippen LogP contribution in [0.25, 0.3) is 0 Å². The third kappa shape index (κ3) is 7.69. The maximum absolute atomic E-state index is 14.0. The van der Waals surface area contributed by atoms with Crippen molar-refractivity contribution < 1.29 is 18.0 Å². The van der Waals surface area contributed by atoms with Gasteiger partial charge in [-0.2, -0.15) is 0 Å². The third-order valence-corrected chi connectivity index (χ3v) is 8.29. The lowest BCUT2D eigenvalue weighted by Gasteiger charge is -2.33. The van der Waals surface area contributed by atoms with E-state index in [-0.39, 0.29) is 23.4 Å². The van der Waals surface area contributed by atoms with Crippen LogP contribution in [0, 0.1) is 20.8 Å². The number of hydrogen-bond donors (Lipinski definition) is 1. The molecule has 0 fully saturated rings. The number of rotatable bonds is 11. The number of carbonyl (C=O) groups is 2. The molecular weight excluding hydrogens is 510 g/mol. The van der Waals surface area contributed by atoms with Crippen LogP contribution in [0.5, 0.6) is 0 Å². The van der Waals surface area contributed by atoms with Gasteiger partial charge in [-0.1, -0.05) is 72.1 Å². The van der Waals surface area contributed by atoms with E-state index in [4.69, 9.17) is 0 Å². The summed E-state index contributed by atoms with van der Waals surface area (Å²) < 4.78 is 28.9. The highest BCUT2D eigenvalue weighted by Crippen LogP contribution is 2.25. The first-order chi connectivity index (χ1) is 18.4. The second-order valence-corrected chi connectivity index (χ2v) is 12.1. The van der Waals surface area contributed by atoms with Gasteiger partial charge in [-0.3, -0.25) is 13.9 Å². The van der Waals surface area contributed by atoms with Crippen molar-refractivity contribution in [2.24, 2.45) is 0 Å². The number of sulfonamides is 1. The van der Waals surface area contributed by atoms with E-state index in [1.165, 1.54) is 4.90 Å². The number of anilines is 1. The first-order valence-electron chi connectivity index (χ1n) is 13.2. The zero-order valence-corrected chi connectivity index (χ0v) is 24.5. The van der Waals surface area contributed by atoms with Gasteiger partial charge in [0.25, 0.3) is 10.0 Å². The Morgan fingerprint density at radius 3 is 1.77 bits per heavy atom. The van der Waals surface area contributed by atoms with Crippen LogP contribution in [-0.4, -0.2) is 43.8 Å². The molecule has 0 saturated carbocycles. The van der Waals surface area contributed by atoms with Crippen molar-refractivity contribution in [3.63, 3.8) is 0 Å². The first kappa shape index (κ1) is 29.9. The first-order valence-corrected chi connectivity index (χ1v) is 14.7. The van der Waals surface area contributed by atoms with Crippen molar-refractivity contribution in [3.8, 4) is 0 Å². The van der Waals surface area contributed by atoms with Crippen molar-refractivity contribution in [1.29, 1.82) is 0 Å². The summed E-state index contributed by atoms with van der Waals surface area (Å²) in [5.74, 6) is -0.728. The van der Waals surface area contributed by atoms with Gasteiger partial charge in [0.05, 0.1) is 10.6 Å². The molecule has 3 aromatic carbocycles. The van der Waals surface area contributed by atoms with E-state index < -0.39 is 28.5 Å². The number of nitrogens with one attached hydrogen (secondary N) is 1. The van der Waals surface area contributed by atoms with Crippen LogP contribution in [0.2, 0.25) is 0 Å². The largest absolute Gasteiger partial charge is 0.352 e. The zero-order chi connectivity index (χ0) is 28.7. The van der Waals surface area contributed by atoms with E-state index >= 15 is 0 Å². The number of hydrogen-bond acceptors (Lipinski definition) is 4. The van der Waals surface area contributed by atoms with E-state index in [9.17, 15) is 18.0 Å². The number of amides is 2. The Labute approximate surface area is 232 Å². The second-order valence-electron chi connectivity index (χ2n) is 10.3. The van der Waals surface area contributed by atoms with E-state index in [0.29, 0.717) is 12.1 Å². The van der Waals surface area contributed by atoms with E-state index in [1.807, 2.05) is 77.9 Å². The molecule has 0 saturated heterocycles. The smallest absolute Gasteiger partial charge is 0.264 e. The monoisotopic (exact) mass is 549 g/mol. The summed E-state index contributed by atoms with van der Waals surface area (Å²) >= 11 is 0. The van der Waals surface area contributed by atoms with Gasteiger partial charge >= 0.3 is 0 Å². The van der Waals surface area contributed by atoms with Crippen LogP contribution in [0.3, 0.4) is 0 Å². The molecule has 0 unspecified atom stereocenters. The highest BCUT2D eigenvalue weighted by atomic mass is 32.2. The van der Waals surface area contributed by atoms with Gasteiger partial charge in [0.2, 0.25) is 11.8 Å². The molecule has 8 heteroatoms. The highest BCUT2D eigenvalue weighted by Gasteiger charge is 2.33. The van der Waals surface area contributed by atoms with E-state index in [2.05, 4.69) is 5.32 Å². The summed E-state index contributed by atoms with van der Waals surface area (Å²) in [5.41, 5.74) is 4.21. The topological polar surface area (TPSA) is 86.8 Å². The van der Waals surface area contributed by atoms with Crippen molar-refractivity contribution >= 4 is 27.5 Å². The Balaban J connectivity index is 2.05. The van der Waals surface area contributed by atoms with Gasteiger partial charge in [-0.05, 0) is 70.9 Å². The molecule has 1 N–H and O–H groups in total. The molecule has 0 radical (unpaired) electrons. The zero-order valence-electron chi connectivity index (χ0n) is 23.6. The highest BCUT2D eigenvalue weighted by molar-refractivity contribution is 7.92. The van der Waals surface area contributed by atoms with Gasteiger partial charge < -0.3 is 10.2 Å². The molecule has 3 rings (SSSR count). The molecule has 0 bridgehead atoms. The molecule has 0 aliphatic rings. The number of aryl methyl sites for hydroxylation is 3. The average Bonchev–Trinajstić information content (AvgIpc) is 2.88. The summed E-state index contributed by atoms with van der Waals surface area (Å²) in [6.07, 6.45) is 0.380. The van der Waals surface area contributed by atoms with Crippen LogP contribution >= 0.6 is 0 Å². The average molecular weight is 550 g/mol. The fourth-order valence-electron chi connectivity index (χ4n) is 4.27. The van der Waals surface area contributed by atoms with Crippen LogP contribution in [0.4, 0.5) is 5.69 Å². The standard InChI is InChI=1S/C31H39N3O4S/c1-7-29(31(36)32-22(2)3)33(20-26-14-8-23(4)9-15-26)30(35)21-34(27-16-10-24(5)11-17-27)39(37,38)28-18-12-25(6)13-19-28/h8-19,22,29H,7,20-21H2,1-6H3,(H,32,36)/t29-/m1/s1. The number of carbonyl (C=O) groups excluding carboxylic acids is 2. The molecular formula is C31H39N3O4S. The maximum atomic E-state index is 14.0. The minimum Gasteiger partial charge on any atom is -0.352 e. The predicted octanol–water partition coefficient (Wildman–Crippen LogP) is 5.14. The molecule has 1 atom stereocenters. The Bertz CT molecular complexity index is 1370. The Morgan fingerprint density at radius 1 is 0.795 bits per heavy atom. The van der Waals surface area contributed by atoms with Crippen LogP contribution in [0.15, 0.2) is 77.7 Å². The van der Waals surface area contributed by atoms with Gasteiger partial charge in [0.1, 0.15) is 12.6 Å². The fourth-order valence-corrected chi connectivity index (χ4v) is 5.68.